The first kappa shape index (κ1) is 15.9. The van der Waals surface area contributed by atoms with Crippen molar-refractivity contribution in [3.05, 3.63) is 65.7 Å². The van der Waals surface area contributed by atoms with Gasteiger partial charge in [-0.1, -0.05) is 42.5 Å². The quantitative estimate of drug-likeness (QED) is 0.855. The van der Waals surface area contributed by atoms with Crippen LogP contribution < -0.4 is 15.4 Å². The molecule has 0 saturated heterocycles. The number of ether oxygens (including phenoxy) is 1. The van der Waals surface area contributed by atoms with E-state index in [-0.39, 0.29) is 12.1 Å². The number of urea groups is 1. The first-order valence-corrected chi connectivity index (χ1v) is 7.50. The summed E-state index contributed by atoms with van der Waals surface area (Å²) in [6.45, 7) is 5.01. The highest BCUT2D eigenvalue weighted by atomic mass is 16.5. The third-order valence-corrected chi connectivity index (χ3v) is 3.31. The average Bonchev–Trinajstić information content (AvgIpc) is 2.54. The summed E-state index contributed by atoms with van der Waals surface area (Å²) in [6.07, 6.45) is 0. The van der Waals surface area contributed by atoms with Gasteiger partial charge in [0.15, 0.2) is 0 Å². The smallest absolute Gasteiger partial charge is 0.315 e. The molecule has 0 aliphatic heterocycles. The van der Waals surface area contributed by atoms with Crippen LogP contribution in [0.5, 0.6) is 5.75 Å². The monoisotopic (exact) mass is 298 g/mol. The van der Waals surface area contributed by atoms with Crippen molar-refractivity contribution in [3.8, 4) is 5.75 Å². The van der Waals surface area contributed by atoms with E-state index < -0.39 is 0 Å². The maximum absolute atomic E-state index is 12.0. The number of hydrogen-bond acceptors (Lipinski definition) is 2. The summed E-state index contributed by atoms with van der Waals surface area (Å²) in [5, 5.41) is 5.79. The summed E-state index contributed by atoms with van der Waals surface area (Å²) in [4.78, 5) is 12.0. The lowest BCUT2D eigenvalue weighted by Crippen LogP contribution is -2.36. The van der Waals surface area contributed by atoms with Gasteiger partial charge in [0.2, 0.25) is 0 Å². The molecule has 2 aromatic carbocycles. The Morgan fingerprint density at radius 3 is 2.64 bits per heavy atom. The third-order valence-electron chi connectivity index (χ3n) is 3.31. The van der Waals surface area contributed by atoms with Gasteiger partial charge in [-0.2, -0.15) is 0 Å². The zero-order valence-electron chi connectivity index (χ0n) is 13.0. The molecule has 4 nitrogen and oxygen atoms in total. The molecule has 0 aliphatic carbocycles. The highest BCUT2D eigenvalue weighted by Crippen LogP contribution is 2.13. The van der Waals surface area contributed by atoms with Crippen molar-refractivity contribution in [1.29, 1.82) is 0 Å². The van der Waals surface area contributed by atoms with Gasteiger partial charge in [-0.15, -0.1) is 0 Å². The van der Waals surface area contributed by atoms with Crippen molar-refractivity contribution in [1.82, 2.24) is 10.6 Å². The van der Waals surface area contributed by atoms with Gasteiger partial charge in [-0.25, -0.2) is 4.79 Å². The van der Waals surface area contributed by atoms with Crippen molar-refractivity contribution < 1.29 is 9.53 Å². The molecule has 2 aromatic rings. The molecule has 0 radical (unpaired) electrons. The predicted molar refractivity (Wildman–Crippen MR) is 87.8 cm³/mol. The Balaban J connectivity index is 1.84. The zero-order chi connectivity index (χ0) is 15.8. The van der Waals surface area contributed by atoms with E-state index in [1.54, 1.807) is 0 Å². The number of carbonyl (C=O) groups excluding carboxylic acids is 1. The van der Waals surface area contributed by atoms with Gasteiger partial charge in [-0.3, -0.25) is 0 Å². The van der Waals surface area contributed by atoms with Gasteiger partial charge in [0, 0.05) is 6.54 Å². The molecule has 0 heterocycles. The summed E-state index contributed by atoms with van der Waals surface area (Å²) < 4.78 is 5.45. The summed E-state index contributed by atoms with van der Waals surface area (Å²) in [6, 6.07) is 17.4. The maximum Gasteiger partial charge on any atom is 0.315 e. The summed E-state index contributed by atoms with van der Waals surface area (Å²) in [5.41, 5.74) is 2.09. The first-order chi connectivity index (χ1) is 10.7. The van der Waals surface area contributed by atoms with Crippen LogP contribution in [-0.4, -0.2) is 12.6 Å². The summed E-state index contributed by atoms with van der Waals surface area (Å²) in [7, 11) is 0. The highest BCUT2D eigenvalue weighted by Gasteiger charge is 2.08. The largest absolute Gasteiger partial charge is 0.494 e. The van der Waals surface area contributed by atoms with Crippen LogP contribution in [0.25, 0.3) is 0 Å². The lowest BCUT2D eigenvalue weighted by atomic mass is 10.1. The predicted octanol–water partition coefficient (Wildman–Crippen LogP) is 3.65. The lowest BCUT2D eigenvalue weighted by Gasteiger charge is -2.15. The van der Waals surface area contributed by atoms with E-state index in [2.05, 4.69) is 10.6 Å². The second kappa shape index (κ2) is 8.08. The Bertz CT molecular complexity index is 599. The normalized spacial score (nSPS) is 11.5. The molecule has 0 spiro atoms. The molecule has 0 fully saturated rings. The molecular formula is C18H22N2O2. The molecule has 2 amide bonds. The van der Waals surface area contributed by atoms with Gasteiger partial charge in [-0.05, 0) is 37.1 Å². The van der Waals surface area contributed by atoms with Crippen LogP contribution in [-0.2, 0) is 6.54 Å². The van der Waals surface area contributed by atoms with E-state index in [4.69, 9.17) is 4.74 Å². The molecular weight excluding hydrogens is 276 g/mol. The van der Waals surface area contributed by atoms with E-state index in [0.29, 0.717) is 13.2 Å². The Labute approximate surface area is 131 Å². The van der Waals surface area contributed by atoms with Crippen molar-refractivity contribution in [2.24, 2.45) is 0 Å². The third kappa shape index (κ3) is 4.81. The molecule has 1 atom stereocenters. The minimum atomic E-state index is -0.182. The van der Waals surface area contributed by atoms with E-state index in [1.807, 2.05) is 68.4 Å². The fourth-order valence-corrected chi connectivity index (χ4v) is 2.17. The number of nitrogens with one attached hydrogen (secondary N) is 2. The van der Waals surface area contributed by atoms with E-state index in [0.717, 1.165) is 16.9 Å². The highest BCUT2D eigenvalue weighted by molar-refractivity contribution is 5.74. The van der Waals surface area contributed by atoms with Crippen molar-refractivity contribution in [2.75, 3.05) is 6.61 Å². The van der Waals surface area contributed by atoms with Crippen LogP contribution in [0.1, 0.15) is 31.0 Å². The second-order valence-electron chi connectivity index (χ2n) is 5.04. The van der Waals surface area contributed by atoms with Crippen LogP contribution in [0.15, 0.2) is 54.6 Å². The molecule has 2 N–H and O–H groups in total. The minimum absolute atomic E-state index is 0.0315. The van der Waals surface area contributed by atoms with Crippen molar-refractivity contribution in [2.45, 2.75) is 26.4 Å². The molecule has 0 bridgehead atoms. The topological polar surface area (TPSA) is 50.4 Å². The van der Waals surface area contributed by atoms with Crippen LogP contribution in [0, 0.1) is 0 Å². The fourth-order valence-electron chi connectivity index (χ4n) is 2.17. The van der Waals surface area contributed by atoms with E-state index in [9.17, 15) is 4.79 Å². The standard InChI is InChI=1S/C18H22N2O2/c1-3-22-17-11-7-8-15(12-17)13-19-18(21)20-14(2)16-9-5-4-6-10-16/h4-12,14H,3,13H2,1-2H3,(H2,19,20,21). The van der Waals surface area contributed by atoms with Gasteiger partial charge in [0.25, 0.3) is 0 Å². The molecule has 0 aromatic heterocycles. The van der Waals surface area contributed by atoms with Crippen molar-refractivity contribution >= 4 is 6.03 Å². The van der Waals surface area contributed by atoms with Crippen molar-refractivity contribution in [3.63, 3.8) is 0 Å². The van der Waals surface area contributed by atoms with E-state index in [1.165, 1.54) is 0 Å². The summed E-state index contributed by atoms with van der Waals surface area (Å²) >= 11 is 0. The number of hydrogen-bond donors (Lipinski definition) is 2. The SMILES string of the molecule is CCOc1cccc(CNC(=O)NC(C)c2ccccc2)c1. The molecule has 1 unspecified atom stereocenters. The lowest BCUT2D eigenvalue weighted by molar-refractivity contribution is 0.237. The molecule has 22 heavy (non-hydrogen) atoms. The number of carbonyl (C=O) groups is 1. The molecule has 2 rings (SSSR count). The molecule has 0 saturated carbocycles. The Morgan fingerprint density at radius 1 is 1.14 bits per heavy atom. The Morgan fingerprint density at radius 2 is 1.91 bits per heavy atom. The summed E-state index contributed by atoms with van der Waals surface area (Å²) in [5.74, 6) is 0.819. The molecule has 4 heteroatoms. The van der Waals surface area contributed by atoms with Gasteiger partial charge in [0.1, 0.15) is 5.75 Å². The van der Waals surface area contributed by atoms with E-state index >= 15 is 0 Å². The Hall–Kier alpha value is -2.49. The second-order valence-corrected chi connectivity index (χ2v) is 5.04. The average molecular weight is 298 g/mol. The number of benzene rings is 2. The van der Waals surface area contributed by atoms with Crippen LogP contribution >= 0.6 is 0 Å². The van der Waals surface area contributed by atoms with Gasteiger partial charge < -0.3 is 15.4 Å². The number of amides is 2. The fraction of sp³-hybridized carbons (Fsp3) is 0.278. The maximum atomic E-state index is 12.0. The molecule has 0 aliphatic rings. The van der Waals surface area contributed by atoms with Crippen LogP contribution in [0.4, 0.5) is 4.79 Å². The van der Waals surface area contributed by atoms with Crippen LogP contribution in [0.3, 0.4) is 0 Å². The van der Waals surface area contributed by atoms with Gasteiger partial charge >= 0.3 is 6.03 Å². The molecule has 116 valence electrons. The zero-order valence-corrected chi connectivity index (χ0v) is 13.0. The number of rotatable bonds is 6. The van der Waals surface area contributed by atoms with Gasteiger partial charge in [0.05, 0.1) is 12.6 Å². The Kier molecular flexibility index (Phi) is 5.83. The minimum Gasteiger partial charge on any atom is -0.494 e. The van der Waals surface area contributed by atoms with Crippen LogP contribution in [0.2, 0.25) is 0 Å². The first-order valence-electron chi connectivity index (χ1n) is 7.50.